The zero-order valence-electron chi connectivity index (χ0n) is 10.1. The average Bonchev–Trinajstić information content (AvgIpc) is 2.69. The molecule has 0 fully saturated rings. The molecule has 0 aliphatic heterocycles. The third kappa shape index (κ3) is 5.48. The van der Waals surface area contributed by atoms with Gasteiger partial charge >= 0.3 is 0 Å². The predicted molar refractivity (Wildman–Crippen MR) is 68.8 cm³/mol. The number of rotatable bonds is 6. The molecule has 1 heterocycles. The molecular weight excluding hydrogens is 234 g/mol. The fraction of sp³-hybridized carbons (Fsp3) is 0.500. The first-order chi connectivity index (χ1) is 8.11. The van der Waals surface area contributed by atoms with Crippen molar-refractivity contribution in [2.75, 3.05) is 13.1 Å². The van der Waals surface area contributed by atoms with Gasteiger partial charge in [0.1, 0.15) is 6.54 Å². The molecule has 0 bridgehead atoms. The second-order valence-electron chi connectivity index (χ2n) is 3.93. The standard InChI is InChI=1S/C12H17N3OS/c1-9(7-11-4-3-10(2)17-11)15-8-12(16)14-6-5-13/h3-4,9,15H,6-8H2,1-2H3,(H,14,16). The van der Waals surface area contributed by atoms with Crippen LogP contribution < -0.4 is 10.6 Å². The summed E-state index contributed by atoms with van der Waals surface area (Å²) >= 11 is 1.78. The van der Waals surface area contributed by atoms with Crippen molar-refractivity contribution in [2.45, 2.75) is 26.3 Å². The Bertz CT molecular complexity index is 408. The van der Waals surface area contributed by atoms with Crippen LogP contribution in [0.5, 0.6) is 0 Å². The van der Waals surface area contributed by atoms with Crippen LogP contribution in [0.3, 0.4) is 0 Å². The maximum Gasteiger partial charge on any atom is 0.234 e. The summed E-state index contributed by atoms with van der Waals surface area (Å²) in [6.45, 7) is 4.46. The Kier molecular flexibility index (Phi) is 5.67. The molecule has 1 unspecified atom stereocenters. The van der Waals surface area contributed by atoms with Crippen molar-refractivity contribution < 1.29 is 4.79 Å². The van der Waals surface area contributed by atoms with E-state index >= 15 is 0 Å². The molecule has 1 rings (SSSR count). The maximum atomic E-state index is 11.2. The molecule has 0 saturated carbocycles. The number of nitrogens with one attached hydrogen (secondary N) is 2. The van der Waals surface area contributed by atoms with E-state index < -0.39 is 0 Å². The molecular formula is C12H17N3OS. The molecule has 1 atom stereocenters. The van der Waals surface area contributed by atoms with Crippen LogP contribution in [0.2, 0.25) is 0 Å². The van der Waals surface area contributed by atoms with E-state index in [0.29, 0.717) is 0 Å². The Labute approximate surface area is 106 Å². The van der Waals surface area contributed by atoms with Crippen LogP contribution in [-0.2, 0) is 11.2 Å². The molecule has 0 radical (unpaired) electrons. The summed E-state index contributed by atoms with van der Waals surface area (Å²) < 4.78 is 0. The molecule has 0 aliphatic rings. The van der Waals surface area contributed by atoms with E-state index in [1.165, 1.54) is 9.75 Å². The lowest BCUT2D eigenvalue weighted by atomic mass is 10.2. The molecule has 1 aromatic rings. The minimum atomic E-state index is -0.138. The largest absolute Gasteiger partial charge is 0.342 e. The SMILES string of the molecule is Cc1ccc(CC(C)NCC(=O)NCC#N)s1. The van der Waals surface area contributed by atoms with Crippen molar-refractivity contribution in [3.8, 4) is 6.07 Å². The minimum absolute atomic E-state index is 0.0685. The van der Waals surface area contributed by atoms with Crippen molar-refractivity contribution in [2.24, 2.45) is 0 Å². The highest BCUT2D eigenvalue weighted by atomic mass is 32.1. The van der Waals surface area contributed by atoms with Crippen LogP contribution in [-0.4, -0.2) is 25.0 Å². The number of carbonyl (C=O) groups is 1. The van der Waals surface area contributed by atoms with E-state index in [-0.39, 0.29) is 25.0 Å². The summed E-state index contributed by atoms with van der Waals surface area (Å²) in [6.07, 6.45) is 0.921. The summed E-state index contributed by atoms with van der Waals surface area (Å²) in [7, 11) is 0. The summed E-state index contributed by atoms with van der Waals surface area (Å²) in [6, 6.07) is 6.34. The summed E-state index contributed by atoms with van der Waals surface area (Å²) in [5.41, 5.74) is 0. The first-order valence-corrected chi connectivity index (χ1v) is 6.36. The molecule has 1 aromatic heterocycles. The summed E-state index contributed by atoms with van der Waals surface area (Å²) in [4.78, 5) is 13.9. The van der Waals surface area contributed by atoms with E-state index in [9.17, 15) is 4.79 Å². The van der Waals surface area contributed by atoms with E-state index in [1.807, 2.05) is 13.0 Å². The molecule has 92 valence electrons. The van der Waals surface area contributed by atoms with E-state index in [1.54, 1.807) is 11.3 Å². The second-order valence-corrected chi connectivity index (χ2v) is 5.31. The fourth-order valence-electron chi connectivity index (χ4n) is 1.44. The second kappa shape index (κ2) is 7.05. The molecule has 0 aromatic carbocycles. The highest BCUT2D eigenvalue weighted by Gasteiger charge is 2.07. The zero-order valence-corrected chi connectivity index (χ0v) is 10.9. The first kappa shape index (κ1) is 13.7. The number of aryl methyl sites for hydroxylation is 1. The number of hydrogen-bond donors (Lipinski definition) is 2. The van der Waals surface area contributed by atoms with Crippen molar-refractivity contribution in [3.63, 3.8) is 0 Å². The van der Waals surface area contributed by atoms with Crippen LogP contribution >= 0.6 is 11.3 Å². The lowest BCUT2D eigenvalue weighted by Gasteiger charge is -2.12. The molecule has 2 N–H and O–H groups in total. The Morgan fingerprint density at radius 2 is 2.35 bits per heavy atom. The number of carbonyl (C=O) groups excluding carboxylic acids is 1. The normalized spacial score (nSPS) is 11.8. The molecule has 5 heteroatoms. The van der Waals surface area contributed by atoms with Crippen LogP contribution in [0.4, 0.5) is 0 Å². The Hall–Kier alpha value is -1.38. The van der Waals surface area contributed by atoms with Gasteiger partial charge in [0.05, 0.1) is 12.6 Å². The monoisotopic (exact) mass is 251 g/mol. The third-order valence-corrected chi connectivity index (χ3v) is 3.30. The molecule has 0 aliphatic carbocycles. The van der Waals surface area contributed by atoms with Gasteiger partial charge in [0, 0.05) is 15.8 Å². The van der Waals surface area contributed by atoms with Gasteiger partial charge in [-0.1, -0.05) is 0 Å². The lowest BCUT2D eigenvalue weighted by molar-refractivity contribution is -0.120. The number of nitriles is 1. The third-order valence-electron chi connectivity index (χ3n) is 2.28. The van der Waals surface area contributed by atoms with Crippen LogP contribution in [0.25, 0.3) is 0 Å². The van der Waals surface area contributed by atoms with Gasteiger partial charge in [-0.25, -0.2) is 0 Å². The summed E-state index contributed by atoms with van der Waals surface area (Å²) in [5, 5.41) is 13.9. The van der Waals surface area contributed by atoms with Gasteiger partial charge < -0.3 is 10.6 Å². The van der Waals surface area contributed by atoms with Crippen LogP contribution in [0, 0.1) is 18.3 Å². The van der Waals surface area contributed by atoms with Gasteiger partial charge in [0.2, 0.25) is 5.91 Å². The van der Waals surface area contributed by atoms with Crippen molar-refractivity contribution in [1.29, 1.82) is 5.26 Å². The quantitative estimate of drug-likeness (QED) is 0.747. The van der Waals surface area contributed by atoms with Crippen molar-refractivity contribution in [1.82, 2.24) is 10.6 Å². The van der Waals surface area contributed by atoms with Gasteiger partial charge in [-0.05, 0) is 32.4 Å². The Morgan fingerprint density at radius 3 is 2.94 bits per heavy atom. The molecule has 4 nitrogen and oxygen atoms in total. The van der Waals surface area contributed by atoms with Crippen molar-refractivity contribution >= 4 is 17.2 Å². The minimum Gasteiger partial charge on any atom is -0.342 e. The maximum absolute atomic E-state index is 11.2. The molecule has 1 amide bonds. The van der Waals surface area contributed by atoms with Gasteiger partial charge in [-0.15, -0.1) is 11.3 Å². The molecule has 0 spiro atoms. The van der Waals surface area contributed by atoms with E-state index in [2.05, 4.69) is 29.7 Å². The predicted octanol–water partition coefficient (Wildman–Crippen LogP) is 1.22. The van der Waals surface area contributed by atoms with Crippen LogP contribution in [0.1, 0.15) is 16.7 Å². The summed E-state index contributed by atoms with van der Waals surface area (Å²) in [5.74, 6) is -0.138. The van der Waals surface area contributed by atoms with Gasteiger partial charge in [0.15, 0.2) is 0 Å². The number of hydrogen-bond acceptors (Lipinski definition) is 4. The number of amides is 1. The Morgan fingerprint density at radius 1 is 1.59 bits per heavy atom. The zero-order chi connectivity index (χ0) is 12.7. The fourth-order valence-corrected chi connectivity index (χ4v) is 2.46. The van der Waals surface area contributed by atoms with E-state index in [4.69, 9.17) is 5.26 Å². The van der Waals surface area contributed by atoms with Gasteiger partial charge in [-0.2, -0.15) is 5.26 Å². The first-order valence-electron chi connectivity index (χ1n) is 5.54. The Balaban J connectivity index is 2.23. The smallest absolute Gasteiger partial charge is 0.234 e. The number of nitrogens with zero attached hydrogens (tertiary/aromatic N) is 1. The lowest BCUT2D eigenvalue weighted by Crippen LogP contribution is -2.38. The topological polar surface area (TPSA) is 64.9 Å². The van der Waals surface area contributed by atoms with Gasteiger partial charge in [0.25, 0.3) is 0 Å². The van der Waals surface area contributed by atoms with Crippen molar-refractivity contribution in [3.05, 3.63) is 21.9 Å². The van der Waals surface area contributed by atoms with E-state index in [0.717, 1.165) is 6.42 Å². The van der Waals surface area contributed by atoms with Crippen LogP contribution in [0.15, 0.2) is 12.1 Å². The average molecular weight is 251 g/mol. The molecule has 17 heavy (non-hydrogen) atoms. The molecule has 0 saturated heterocycles. The van der Waals surface area contributed by atoms with Gasteiger partial charge in [-0.3, -0.25) is 4.79 Å². The highest BCUT2D eigenvalue weighted by Crippen LogP contribution is 2.16. The number of thiophene rings is 1. The highest BCUT2D eigenvalue weighted by molar-refractivity contribution is 7.11.